The predicted molar refractivity (Wildman–Crippen MR) is 151 cm³/mol. The predicted octanol–water partition coefficient (Wildman–Crippen LogP) is 5.90. The molecular weight excluding hydrogens is 516 g/mol. The van der Waals surface area contributed by atoms with Crippen molar-refractivity contribution in [2.75, 3.05) is 0 Å². The molecule has 4 aromatic carbocycles. The Balaban J connectivity index is 1.83. The van der Waals surface area contributed by atoms with Crippen LogP contribution in [0.25, 0.3) is 17.0 Å². The highest BCUT2D eigenvalue weighted by Gasteiger charge is 2.33. The van der Waals surface area contributed by atoms with Crippen LogP contribution < -0.4 is 4.72 Å². The molecule has 1 unspecified atom stereocenters. The fourth-order valence-electron chi connectivity index (χ4n) is 4.57. The summed E-state index contributed by atoms with van der Waals surface area (Å²) >= 11 is 0. The monoisotopic (exact) mass is 542 g/mol. The van der Waals surface area contributed by atoms with E-state index in [1.807, 2.05) is 25.1 Å². The summed E-state index contributed by atoms with van der Waals surface area (Å²) in [5.41, 5.74) is 2.72. The minimum atomic E-state index is -4.13. The summed E-state index contributed by atoms with van der Waals surface area (Å²) in [5, 5.41) is 0.646. The summed E-state index contributed by atoms with van der Waals surface area (Å²) < 4.78 is 59.7. The second-order valence-corrected chi connectivity index (χ2v) is 12.4. The number of nitrogens with one attached hydrogen (secondary N) is 1. The third-order valence-corrected chi connectivity index (χ3v) is 9.58. The van der Waals surface area contributed by atoms with Gasteiger partial charge in [0.05, 0.1) is 27.0 Å². The van der Waals surface area contributed by atoms with Gasteiger partial charge in [0.1, 0.15) is 0 Å². The van der Waals surface area contributed by atoms with E-state index in [1.54, 1.807) is 72.8 Å². The fraction of sp³-hybridized carbons (Fsp3) is 0.0667. The van der Waals surface area contributed by atoms with Gasteiger partial charge >= 0.3 is 0 Å². The van der Waals surface area contributed by atoms with Crippen molar-refractivity contribution in [3.63, 3.8) is 0 Å². The molecule has 1 aromatic heterocycles. The average Bonchev–Trinajstić information content (AvgIpc) is 3.28. The molecule has 1 atom stereocenters. The van der Waals surface area contributed by atoms with Crippen LogP contribution in [0.2, 0.25) is 0 Å². The van der Waals surface area contributed by atoms with E-state index >= 15 is 0 Å². The number of sulfonamides is 1. The summed E-state index contributed by atoms with van der Waals surface area (Å²) in [4.78, 5) is 0.170. The van der Waals surface area contributed by atoms with E-state index in [0.717, 1.165) is 5.56 Å². The van der Waals surface area contributed by atoms with Crippen molar-refractivity contribution in [1.82, 2.24) is 8.69 Å². The van der Waals surface area contributed by atoms with Crippen molar-refractivity contribution in [2.24, 2.45) is 0 Å². The van der Waals surface area contributed by atoms with Gasteiger partial charge in [-0.2, -0.15) is 4.72 Å². The summed E-state index contributed by atoms with van der Waals surface area (Å²) in [6, 6.07) is 29.6. The highest BCUT2D eigenvalue weighted by atomic mass is 32.2. The number of rotatable bonds is 8. The van der Waals surface area contributed by atoms with Crippen LogP contribution in [-0.4, -0.2) is 20.8 Å². The van der Waals surface area contributed by atoms with Crippen LogP contribution in [0, 0.1) is 6.92 Å². The zero-order chi connectivity index (χ0) is 26.9. The van der Waals surface area contributed by atoms with Gasteiger partial charge in [-0.25, -0.2) is 20.8 Å². The Labute approximate surface area is 223 Å². The van der Waals surface area contributed by atoms with Crippen molar-refractivity contribution in [2.45, 2.75) is 22.8 Å². The average molecular weight is 543 g/mol. The van der Waals surface area contributed by atoms with Crippen LogP contribution in [0.3, 0.4) is 0 Å². The molecular formula is C30H26N2O4S2. The normalized spacial score (nSPS) is 12.9. The lowest BCUT2D eigenvalue weighted by atomic mass is 10.0. The van der Waals surface area contributed by atoms with Crippen LogP contribution in [-0.2, 0) is 20.0 Å². The van der Waals surface area contributed by atoms with E-state index in [4.69, 9.17) is 0 Å². The van der Waals surface area contributed by atoms with E-state index in [1.165, 1.54) is 28.2 Å². The Morgan fingerprint density at radius 2 is 1.32 bits per heavy atom. The maximum Gasteiger partial charge on any atom is 0.268 e. The van der Waals surface area contributed by atoms with Crippen molar-refractivity contribution in [3.05, 3.63) is 138 Å². The summed E-state index contributed by atoms with van der Waals surface area (Å²) in [6.45, 7) is 5.84. The summed E-state index contributed by atoms with van der Waals surface area (Å²) in [6.07, 6.45) is 1.57. The zero-order valence-corrected chi connectivity index (χ0v) is 22.3. The van der Waals surface area contributed by atoms with Crippen LogP contribution in [0.4, 0.5) is 0 Å². The van der Waals surface area contributed by atoms with Crippen LogP contribution in [0.15, 0.2) is 126 Å². The number of fused-ring (bicyclic) bond motifs is 1. The number of benzene rings is 4. The van der Waals surface area contributed by atoms with Gasteiger partial charge in [-0.15, -0.1) is 0 Å². The molecule has 1 N–H and O–H groups in total. The van der Waals surface area contributed by atoms with E-state index < -0.39 is 26.1 Å². The van der Waals surface area contributed by atoms with Gasteiger partial charge in [0.15, 0.2) is 0 Å². The maximum atomic E-state index is 14.2. The second-order valence-electron chi connectivity index (χ2n) is 8.88. The molecule has 38 heavy (non-hydrogen) atoms. The molecule has 0 saturated heterocycles. The quantitative estimate of drug-likeness (QED) is 0.265. The molecule has 0 aliphatic heterocycles. The Bertz CT molecular complexity index is 1830. The van der Waals surface area contributed by atoms with Gasteiger partial charge in [0.2, 0.25) is 10.0 Å². The number of aromatic nitrogens is 1. The molecule has 0 aliphatic carbocycles. The molecule has 8 heteroatoms. The lowest BCUT2D eigenvalue weighted by Crippen LogP contribution is -2.32. The van der Waals surface area contributed by atoms with E-state index in [9.17, 15) is 16.8 Å². The van der Waals surface area contributed by atoms with Gasteiger partial charge in [0, 0.05) is 10.9 Å². The van der Waals surface area contributed by atoms with Gasteiger partial charge in [-0.3, -0.25) is 0 Å². The summed E-state index contributed by atoms with van der Waals surface area (Å²) in [7, 11) is -8.18. The minimum Gasteiger partial charge on any atom is -0.235 e. The minimum absolute atomic E-state index is 0.0813. The molecule has 1 heterocycles. The molecule has 192 valence electrons. The number of hydrogen-bond donors (Lipinski definition) is 1. The van der Waals surface area contributed by atoms with Crippen LogP contribution >= 0.6 is 0 Å². The Hall–Kier alpha value is -3.98. The van der Waals surface area contributed by atoms with E-state index in [0.29, 0.717) is 22.0 Å². The highest BCUT2D eigenvalue weighted by Crippen LogP contribution is 2.37. The summed E-state index contributed by atoms with van der Waals surface area (Å²) in [5.74, 6) is 0. The van der Waals surface area contributed by atoms with Gasteiger partial charge < -0.3 is 0 Å². The Morgan fingerprint density at radius 1 is 0.737 bits per heavy atom. The van der Waals surface area contributed by atoms with Crippen LogP contribution in [0.1, 0.15) is 28.4 Å². The molecule has 0 spiro atoms. The van der Waals surface area contributed by atoms with Gasteiger partial charge in [-0.05, 0) is 42.8 Å². The van der Waals surface area contributed by atoms with Crippen molar-refractivity contribution >= 4 is 37.0 Å². The topological polar surface area (TPSA) is 85.2 Å². The first-order chi connectivity index (χ1) is 18.2. The SMILES string of the molecule is C=Cc1c(C(NS(=O)(=O)c2ccc(C)cc2)c2ccccc2)n(S(=O)(=O)c2ccccc2)c2ccccc12. The Morgan fingerprint density at radius 3 is 1.95 bits per heavy atom. The standard InChI is InChI=1S/C30H26N2O4S2/c1-3-26-27-16-10-11-17-28(27)32(38(35,36)25-14-8-5-9-15-25)30(26)29(23-12-6-4-7-13-23)31-37(33,34)24-20-18-22(2)19-21-24/h3-21,29,31H,1H2,2H3. The van der Waals surface area contributed by atoms with Crippen molar-refractivity contribution in [3.8, 4) is 0 Å². The van der Waals surface area contributed by atoms with E-state index in [-0.39, 0.29) is 15.5 Å². The molecule has 0 amide bonds. The third kappa shape index (κ3) is 4.58. The van der Waals surface area contributed by atoms with Gasteiger partial charge in [-0.1, -0.05) is 97.1 Å². The molecule has 0 aliphatic rings. The lowest BCUT2D eigenvalue weighted by molar-refractivity contribution is 0.563. The molecule has 0 fully saturated rings. The zero-order valence-electron chi connectivity index (χ0n) is 20.7. The molecule has 0 radical (unpaired) electrons. The smallest absolute Gasteiger partial charge is 0.235 e. The fourth-order valence-corrected chi connectivity index (χ4v) is 7.35. The largest absolute Gasteiger partial charge is 0.268 e. The molecule has 6 nitrogen and oxygen atoms in total. The number of hydrogen-bond acceptors (Lipinski definition) is 4. The third-order valence-electron chi connectivity index (χ3n) is 6.40. The number of para-hydroxylation sites is 1. The first-order valence-electron chi connectivity index (χ1n) is 11.9. The number of aryl methyl sites for hydroxylation is 1. The van der Waals surface area contributed by atoms with Crippen molar-refractivity contribution in [1.29, 1.82) is 0 Å². The molecule has 5 rings (SSSR count). The first kappa shape index (κ1) is 25.7. The van der Waals surface area contributed by atoms with E-state index in [2.05, 4.69) is 11.3 Å². The Kier molecular flexibility index (Phi) is 6.79. The first-order valence-corrected chi connectivity index (χ1v) is 14.9. The maximum absolute atomic E-state index is 14.2. The second kappa shape index (κ2) is 10.1. The highest BCUT2D eigenvalue weighted by molar-refractivity contribution is 7.90. The lowest BCUT2D eigenvalue weighted by Gasteiger charge is -2.23. The van der Waals surface area contributed by atoms with Gasteiger partial charge in [0.25, 0.3) is 10.0 Å². The molecule has 0 saturated carbocycles. The molecule has 0 bridgehead atoms. The van der Waals surface area contributed by atoms with Crippen LogP contribution in [0.5, 0.6) is 0 Å². The van der Waals surface area contributed by atoms with Crippen molar-refractivity contribution < 1.29 is 16.8 Å². The number of nitrogens with zero attached hydrogens (tertiary/aromatic N) is 1. The molecule has 5 aromatic rings.